The van der Waals surface area contributed by atoms with Crippen LogP contribution in [0.25, 0.3) is 34.4 Å². The molecule has 2 unspecified atom stereocenters. The normalized spacial score (nSPS) is 19.0. The first kappa shape index (κ1) is 35.3. The zero-order valence-electron chi connectivity index (χ0n) is 31.3. The number of fused-ring (bicyclic) bond motifs is 2. The van der Waals surface area contributed by atoms with Crippen molar-refractivity contribution in [1.29, 1.82) is 0 Å². The summed E-state index contributed by atoms with van der Waals surface area (Å²) < 4.78 is 9.57. The van der Waals surface area contributed by atoms with Crippen molar-refractivity contribution >= 4 is 19.1 Å². The third-order valence-corrected chi connectivity index (χ3v) is 71.0. The quantitative estimate of drug-likeness (QED) is 0.0987. The van der Waals surface area contributed by atoms with Gasteiger partial charge in [0, 0.05) is 0 Å². The van der Waals surface area contributed by atoms with Crippen molar-refractivity contribution in [3.63, 3.8) is 0 Å². The van der Waals surface area contributed by atoms with E-state index in [2.05, 4.69) is 155 Å². The van der Waals surface area contributed by atoms with E-state index in [1.165, 1.54) is 103 Å². The molecule has 0 spiro atoms. The van der Waals surface area contributed by atoms with Gasteiger partial charge < -0.3 is 0 Å². The Morgan fingerprint density at radius 2 is 0.896 bits per heavy atom. The molecule has 0 N–H and O–H groups in total. The van der Waals surface area contributed by atoms with Gasteiger partial charge in [0.1, 0.15) is 0 Å². The summed E-state index contributed by atoms with van der Waals surface area (Å²) >= 11 is -5.15. The van der Waals surface area contributed by atoms with Crippen LogP contribution >= 0.6 is 0 Å². The van der Waals surface area contributed by atoms with Crippen LogP contribution in [0.5, 0.6) is 0 Å². The van der Waals surface area contributed by atoms with Crippen LogP contribution in [0, 0.1) is 27.7 Å². The second-order valence-electron chi connectivity index (χ2n) is 18.6. The first-order valence-electron chi connectivity index (χ1n) is 19.0. The Morgan fingerprint density at radius 1 is 0.521 bits per heavy atom. The van der Waals surface area contributed by atoms with E-state index < -0.39 is 14.2 Å². The van der Waals surface area contributed by atoms with E-state index in [9.17, 15) is 0 Å². The summed E-state index contributed by atoms with van der Waals surface area (Å²) in [5, 5.41) is 0. The first-order valence-corrected chi connectivity index (χ1v) is 43.8. The fourth-order valence-corrected chi connectivity index (χ4v) is 60.5. The van der Waals surface area contributed by atoms with Crippen LogP contribution in [0.4, 0.5) is 0 Å². The van der Waals surface area contributed by atoms with E-state index in [0.29, 0.717) is 7.35 Å². The zero-order valence-corrected chi connectivity index (χ0v) is 36.3. The van der Waals surface area contributed by atoms with Gasteiger partial charge in [-0.1, -0.05) is 0 Å². The summed E-state index contributed by atoms with van der Waals surface area (Å²) in [6.07, 6.45) is 18.3. The zero-order chi connectivity index (χ0) is 34.4. The maximum atomic E-state index is 2.97. The van der Waals surface area contributed by atoms with Gasteiger partial charge in [-0.05, 0) is 0 Å². The monoisotopic (exact) mass is 820 g/mol. The fraction of sp³-hybridized carbons (Fsp3) is 0.391. The number of hydrogen-bond acceptors (Lipinski definition) is 0. The summed E-state index contributed by atoms with van der Waals surface area (Å²) in [6.45, 7) is 16.5. The number of rotatable bonds is 12. The summed E-state index contributed by atoms with van der Waals surface area (Å²) in [4.78, 5) is 0. The topological polar surface area (TPSA) is 0 Å². The Labute approximate surface area is 288 Å². The van der Waals surface area contributed by atoms with E-state index in [-0.39, 0.29) is 0 Å². The van der Waals surface area contributed by atoms with Crippen LogP contribution in [0.3, 0.4) is 0 Å². The van der Waals surface area contributed by atoms with Crippen LogP contribution in [-0.2, 0) is 14.2 Å². The van der Waals surface area contributed by atoms with Gasteiger partial charge in [-0.2, -0.15) is 0 Å². The van der Waals surface area contributed by atoms with Crippen molar-refractivity contribution in [2.75, 3.05) is 0 Å². The van der Waals surface area contributed by atoms with Crippen LogP contribution in [0.15, 0.2) is 84.9 Å². The molecule has 0 bridgehead atoms. The van der Waals surface area contributed by atoms with Gasteiger partial charge in [0.15, 0.2) is 0 Å². The molecule has 48 heavy (non-hydrogen) atoms. The average Bonchev–Trinajstić information content (AvgIpc) is 3.72. The molecular weight excluding hydrogens is 759 g/mol. The van der Waals surface area contributed by atoms with Gasteiger partial charge in [-0.25, -0.2) is 0 Å². The third kappa shape index (κ3) is 5.31. The van der Waals surface area contributed by atoms with Crippen LogP contribution < -0.4 is 0 Å². The Balaban J connectivity index is 1.64. The molecule has 2 atom stereocenters. The van der Waals surface area contributed by atoms with Crippen LogP contribution in [-0.4, -0.2) is 6.94 Å². The molecule has 0 amide bonds. The van der Waals surface area contributed by atoms with E-state index in [0.717, 1.165) is 0 Å². The van der Waals surface area contributed by atoms with Gasteiger partial charge in [0.2, 0.25) is 0 Å². The molecule has 2 aliphatic rings. The molecule has 6 rings (SSSR count). The number of aryl methyl sites for hydroxylation is 2. The SMILES string of the molecule is CCCC[CH2][Hf]([CH3])([CH3])(=[SiH2])([CH2]CCCC)([CH]1C=Cc2c(-c3cccc(C)c3C)cccc21)[CH]1C=Cc2c(-c3cccc(C)c3C)cccc21. The first-order chi connectivity index (χ1) is 22.7. The molecule has 0 radical (unpaired) electrons. The van der Waals surface area contributed by atoms with Crippen molar-refractivity contribution < 1.29 is 14.2 Å². The summed E-state index contributed by atoms with van der Waals surface area (Å²) in [5.41, 5.74) is 17.3. The Hall–Kier alpha value is -2.55. The van der Waals surface area contributed by atoms with Crippen LogP contribution in [0.2, 0.25) is 17.7 Å². The molecule has 0 saturated carbocycles. The molecule has 0 saturated heterocycles. The third-order valence-electron chi connectivity index (χ3n) is 14.4. The number of allylic oxidation sites excluding steroid dienone is 2. The van der Waals surface area contributed by atoms with Crippen molar-refractivity contribution in [1.82, 2.24) is 0 Å². The van der Waals surface area contributed by atoms with Crippen LogP contribution in [0.1, 0.15) is 104 Å². The second kappa shape index (κ2) is 11.8. The van der Waals surface area contributed by atoms with E-state index >= 15 is 0 Å². The van der Waals surface area contributed by atoms with Crippen molar-refractivity contribution in [3.8, 4) is 22.3 Å². The predicted octanol–water partition coefficient (Wildman–Crippen LogP) is 13.7. The molecule has 2 heteroatoms. The average molecular weight is 820 g/mol. The predicted molar refractivity (Wildman–Crippen MR) is 215 cm³/mol. The molecule has 0 nitrogen and oxygen atoms in total. The Morgan fingerprint density at radius 3 is 1.29 bits per heavy atom. The van der Waals surface area contributed by atoms with Gasteiger partial charge in [0.25, 0.3) is 0 Å². The summed E-state index contributed by atoms with van der Waals surface area (Å²) in [6, 6.07) is 28.2. The molecule has 0 aromatic heterocycles. The van der Waals surface area contributed by atoms with Crippen molar-refractivity contribution in [2.45, 2.75) is 105 Å². The molecular formula is C46H60HfSi. The Kier molecular flexibility index (Phi) is 8.65. The standard InChI is InChI=1S/2C17H15.2C5H11.2CH3.Hf.H2Si/c2*1-12-6-3-9-15(13(12)2)17-11-5-8-14-7-4-10-16(14)17;2*1-3-5-4-2;;;;/h2*3-11H,1-2H3;2*1,3-5H2,2H3;2*1H3;;1H2. The molecule has 0 aliphatic heterocycles. The van der Waals surface area contributed by atoms with Gasteiger partial charge >= 0.3 is 290 Å². The summed E-state index contributed by atoms with van der Waals surface area (Å²) in [7, 11) is 0. The minimum absolute atomic E-state index is 0.450. The molecule has 0 fully saturated rings. The van der Waals surface area contributed by atoms with Crippen molar-refractivity contribution in [3.05, 3.63) is 129 Å². The van der Waals surface area contributed by atoms with E-state index in [4.69, 9.17) is 0 Å². The number of unbranched alkanes of at least 4 members (excludes halogenated alkanes) is 4. The van der Waals surface area contributed by atoms with Gasteiger partial charge in [-0.15, -0.1) is 0 Å². The number of hydrogen-bond donors (Lipinski definition) is 0. The van der Waals surface area contributed by atoms with Crippen molar-refractivity contribution in [2.24, 2.45) is 0 Å². The molecule has 2 aliphatic carbocycles. The molecule has 252 valence electrons. The minimum atomic E-state index is -5.15. The van der Waals surface area contributed by atoms with E-state index in [1.807, 2.05) is 0 Å². The number of benzene rings is 4. The van der Waals surface area contributed by atoms with Gasteiger partial charge in [-0.3, -0.25) is 0 Å². The fourth-order valence-electron chi connectivity index (χ4n) is 10.9. The van der Waals surface area contributed by atoms with Gasteiger partial charge in [0.05, 0.1) is 0 Å². The van der Waals surface area contributed by atoms with E-state index in [1.54, 1.807) is 11.1 Å². The molecule has 4 aromatic rings. The molecule has 0 heterocycles. The summed E-state index contributed by atoms with van der Waals surface area (Å²) in [5.74, 6) is 0. The second-order valence-corrected chi connectivity index (χ2v) is 95.6. The maximum absolute atomic E-state index is 5.15. The Bertz CT molecular complexity index is 1950. The molecule has 4 aromatic carbocycles.